The first kappa shape index (κ1) is 16.0. The van der Waals surface area contributed by atoms with Crippen molar-refractivity contribution < 1.29 is 9.21 Å². The van der Waals surface area contributed by atoms with E-state index in [0.29, 0.717) is 18.0 Å². The third-order valence-corrected chi connectivity index (χ3v) is 5.45. The zero-order valence-electron chi connectivity index (χ0n) is 15.2. The fourth-order valence-electron chi connectivity index (χ4n) is 3.52. The van der Waals surface area contributed by atoms with Crippen LogP contribution < -0.4 is 0 Å². The van der Waals surface area contributed by atoms with Crippen molar-refractivity contribution in [2.24, 2.45) is 5.92 Å². The molecule has 130 valence electrons. The minimum Gasteiger partial charge on any atom is -0.464 e. The molecule has 1 N–H and O–H groups in total. The number of fused-ring (bicyclic) bond motifs is 1. The van der Waals surface area contributed by atoms with E-state index in [1.807, 2.05) is 31.3 Å². The van der Waals surface area contributed by atoms with Crippen molar-refractivity contribution in [1.82, 2.24) is 9.88 Å². The number of rotatable bonds is 4. The van der Waals surface area contributed by atoms with Crippen molar-refractivity contribution in [1.29, 1.82) is 0 Å². The van der Waals surface area contributed by atoms with Crippen LogP contribution in [0.25, 0.3) is 10.9 Å². The summed E-state index contributed by atoms with van der Waals surface area (Å²) in [6.45, 7) is 6.86. The molecule has 25 heavy (non-hydrogen) atoms. The second-order valence-corrected chi connectivity index (χ2v) is 7.42. The molecule has 0 unspecified atom stereocenters. The van der Waals surface area contributed by atoms with Crippen LogP contribution >= 0.6 is 0 Å². The molecule has 1 fully saturated rings. The molecule has 3 aromatic rings. The Morgan fingerprint density at radius 1 is 1.28 bits per heavy atom. The largest absolute Gasteiger partial charge is 0.464 e. The normalized spacial score (nSPS) is 19.4. The van der Waals surface area contributed by atoms with Crippen LogP contribution in [0, 0.1) is 19.8 Å². The third-order valence-electron chi connectivity index (χ3n) is 5.45. The highest BCUT2D eigenvalue weighted by Crippen LogP contribution is 2.47. The maximum Gasteiger partial charge on any atom is 0.254 e. The summed E-state index contributed by atoms with van der Waals surface area (Å²) in [6.07, 6.45) is 1.21. The van der Waals surface area contributed by atoms with Crippen LogP contribution in [0.15, 0.2) is 34.7 Å². The van der Waals surface area contributed by atoms with Gasteiger partial charge in [0, 0.05) is 35.1 Å². The summed E-state index contributed by atoms with van der Waals surface area (Å²) in [5.41, 5.74) is 4.12. The Hall–Kier alpha value is -2.49. The van der Waals surface area contributed by atoms with Gasteiger partial charge >= 0.3 is 0 Å². The van der Waals surface area contributed by atoms with Crippen LogP contribution in [0.2, 0.25) is 0 Å². The summed E-state index contributed by atoms with van der Waals surface area (Å²) < 4.78 is 5.93. The molecule has 1 aliphatic rings. The van der Waals surface area contributed by atoms with Crippen molar-refractivity contribution in [2.75, 3.05) is 7.05 Å². The maximum atomic E-state index is 12.8. The molecule has 4 rings (SSSR count). The highest BCUT2D eigenvalue weighted by atomic mass is 16.3. The van der Waals surface area contributed by atoms with E-state index in [1.165, 1.54) is 12.0 Å². The SMILES string of the molecule is Cc1[nH]c2ccc(C(=O)N(C)Cc3ccc([C@@H]4C[C@@H]4C)o3)cc2c1C. The van der Waals surface area contributed by atoms with E-state index < -0.39 is 0 Å². The first-order valence-electron chi connectivity index (χ1n) is 8.87. The van der Waals surface area contributed by atoms with Gasteiger partial charge in [-0.2, -0.15) is 0 Å². The van der Waals surface area contributed by atoms with Crippen molar-refractivity contribution in [3.8, 4) is 0 Å². The topological polar surface area (TPSA) is 49.2 Å². The summed E-state index contributed by atoms with van der Waals surface area (Å²) in [7, 11) is 1.82. The number of aryl methyl sites for hydroxylation is 2. The van der Waals surface area contributed by atoms with Gasteiger partial charge in [0.15, 0.2) is 0 Å². The van der Waals surface area contributed by atoms with Gasteiger partial charge < -0.3 is 14.3 Å². The summed E-state index contributed by atoms with van der Waals surface area (Å²) in [5.74, 6) is 3.20. The molecule has 2 heterocycles. The monoisotopic (exact) mass is 336 g/mol. The highest BCUT2D eigenvalue weighted by Gasteiger charge is 2.36. The van der Waals surface area contributed by atoms with Crippen LogP contribution in [0.5, 0.6) is 0 Å². The molecular formula is C21H24N2O2. The summed E-state index contributed by atoms with van der Waals surface area (Å²) >= 11 is 0. The lowest BCUT2D eigenvalue weighted by Crippen LogP contribution is -2.25. The van der Waals surface area contributed by atoms with Gasteiger partial charge in [-0.05, 0) is 62.1 Å². The molecule has 1 aliphatic carbocycles. The minimum atomic E-state index is 0.0119. The fraction of sp³-hybridized carbons (Fsp3) is 0.381. The van der Waals surface area contributed by atoms with Crippen molar-refractivity contribution in [3.63, 3.8) is 0 Å². The summed E-state index contributed by atoms with van der Waals surface area (Å²) in [4.78, 5) is 17.9. The number of benzene rings is 1. The third kappa shape index (κ3) is 2.86. The van der Waals surface area contributed by atoms with Crippen molar-refractivity contribution in [2.45, 2.75) is 39.7 Å². The van der Waals surface area contributed by atoms with Gasteiger partial charge in [-0.1, -0.05) is 6.92 Å². The number of carbonyl (C=O) groups excluding carboxylic acids is 1. The number of carbonyl (C=O) groups is 1. The molecule has 1 saturated carbocycles. The second kappa shape index (κ2) is 5.80. The van der Waals surface area contributed by atoms with Gasteiger partial charge in [-0.15, -0.1) is 0 Å². The summed E-state index contributed by atoms with van der Waals surface area (Å²) in [6, 6.07) is 9.89. The van der Waals surface area contributed by atoms with Crippen molar-refractivity contribution in [3.05, 3.63) is 58.7 Å². The van der Waals surface area contributed by atoms with E-state index in [4.69, 9.17) is 4.42 Å². The zero-order chi connectivity index (χ0) is 17.7. The van der Waals surface area contributed by atoms with Crippen LogP contribution in [0.4, 0.5) is 0 Å². The number of nitrogens with zero attached hydrogens (tertiary/aromatic N) is 1. The average molecular weight is 336 g/mol. The molecule has 0 saturated heterocycles. The molecule has 0 spiro atoms. The van der Waals surface area contributed by atoms with Crippen LogP contribution in [0.3, 0.4) is 0 Å². The Bertz CT molecular complexity index is 950. The van der Waals surface area contributed by atoms with E-state index in [-0.39, 0.29) is 5.91 Å². The number of nitrogens with one attached hydrogen (secondary N) is 1. The van der Waals surface area contributed by atoms with Gasteiger partial charge in [0.05, 0.1) is 6.54 Å². The van der Waals surface area contributed by atoms with E-state index >= 15 is 0 Å². The Kier molecular flexibility index (Phi) is 3.71. The number of hydrogen-bond donors (Lipinski definition) is 1. The number of aromatic nitrogens is 1. The van der Waals surface area contributed by atoms with Gasteiger partial charge in [0.2, 0.25) is 0 Å². The van der Waals surface area contributed by atoms with Gasteiger partial charge in [0.1, 0.15) is 11.5 Å². The first-order chi connectivity index (χ1) is 11.9. The van der Waals surface area contributed by atoms with E-state index in [0.717, 1.165) is 34.0 Å². The van der Waals surface area contributed by atoms with Gasteiger partial charge in [-0.3, -0.25) is 4.79 Å². The van der Waals surface area contributed by atoms with Crippen LogP contribution in [-0.2, 0) is 6.54 Å². The smallest absolute Gasteiger partial charge is 0.254 e. The molecule has 1 amide bonds. The molecule has 4 heteroatoms. The minimum absolute atomic E-state index is 0.0119. The average Bonchev–Trinajstić information content (AvgIpc) is 3.02. The van der Waals surface area contributed by atoms with Gasteiger partial charge in [0.25, 0.3) is 5.91 Å². The molecule has 0 aliphatic heterocycles. The van der Waals surface area contributed by atoms with E-state index in [2.05, 4.69) is 31.8 Å². The number of furan rings is 1. The molecule has 0 bridgehead atoms. The Morgan fingerprint density at radius 3 is 2.76 bits per heavy atom. The molecule has 2 aromatic heterocycles. The standard InChI is InChI=1S/C21H24N2O2/c1-12-9-17(12)20-8-6-16(25-20)11-23(4)21(24)15-5-7-19-18(10-15)13(2)14(3)22-19/h5-8,10,12,17,22H,9,11H2,1-4H3/t12-,17+/m0/s1. The van der Waals surface area contributed by atoms with Gasteiger partial charge in [-0.25, -0.2) is 0 Å². The number of aromatic amines is 1. The highest BCUT2D eigenvalue weighted by molar-refractivity contribution is 5.98. The first-order valence-corrected chi connectivity index (χ1v) is 8.87. The fourth-order valence-corrected chi connectivity index (χ4v) is 3.52. The molecule has 2 atom stereocenters. The maximum absolute atomic E-state index is 12.8. The lowest BCUT2D eigenvalue weighted by atomic mass is 10.1. The predicted molar refractivity (Wildman–Crippen MR) is 98.8 cm³/mol. The Labute approximate surface area is 147 Å². The van der Waals surface area contributed by atoms with Crippen molar-refractivity contribution >= 4 is 16.8 Å². The Morgan fingerprint density at radius 2 is 2.04 bits per heavy atom. The molecule has 0 radical (unpaired) electrons. The van der Waals surface area contributed by atoms with Crippen LogP contribution in [0.1, 0.15) is 52.4 Å². The predicted octanol–water partition coefficient (Wildman–Crippen LogP) is 4.77. The molecule has 4 nitrogen and oxygen atoms in total. The Balaban J connectivity index is 1.51. The lowest BCUT2D eigenvalue weighted by Gasteiger charge is -2.16. The molecule has 1 aromatic carbocycles. The zero-order valence-corrected chi connectivity index (χ0v) is 15.2. The second-order valence-electron chi connectivity index (χ2n) is 7.42. The van der Waals surface area contributed by atoms with E-state index in [9.17, 15) is 4.79 Å². The summed E-state index contributed by atoms with van der Waals surface area (Å²) in [5, 5.41) is 1.11. The number of amides is 1. The van der Waals surface area contributed by atoms with E-state index in [1.54, 1.807) is 4.90 Å². The molecular weight excluding hydrogens is 312 g/mol. The van der Waals surface area contributed by atoms with Crippen LogP contribution in [-0.4, -0.2) is 22.8 Å². The number of H-pyrrole nitrogens is 1. The lowest BCUT2D eigenvalue weighted by molar-refractivity contribution is 0.0775. The quantitative estimate of drug-likeness (QED) is 0.746. The number of hydrogen-bond acceptors (Lipinski definition) is 2.